The Kier molecular flexibility index (Phi) is 7.08. The van der Waals surface area contributed by atoms with Gasteiger partial charge in [0.25, 0.3) is 0 Å². The van der Waals surface area contributed by atoms with E-state index in [1.54, 1.807) is 6.07 Å². The van der Waals surface area contributed by atoms with Crippen molar-refractivity contribution in [3.63, 3.8) is 0 Å². The lowest BCUT2D eigenvalue weighted by molar-refractivity contribution is -0.208. The highest BCUT2D eigenvalue weighted by Crippen LogP contribution is 2.66. The van der Waals surface area contributed by atoms with Gasteiger partial charge in [-0.2, -0.15) is 0 Å². The number of aliphatic carboxylic acids is 1. The van der Waals surface area contributed by atoms with Gasteiger partial charge in [0, 0.05) is 31.3 Å². The van der Waals surface area contributed by atoms with E-state index in [4.69, 9.17) is 9.47 Å². The largest absolute Gasteiger partial charge is 0.504 e. The monoisotopic (exact) mass is 528 g/mol. The van der Waals surface area contributed by atoms with Gasteiger partial charge in [-0.15, -0.1) is 24.8 Å². The van der Waals surface area contributed by atoms with Crippen LogP contribution in [0, 0.1) is 11.8 Å². The van der Waals surface area contributed by atoms with Gasteiger partial charge in [0.2, 0.25) is 0 Å². The van der Waals surface area contributed by atoms with Crippen LogP contribution in [0.3, 0.4) is 0 Å². The molecular formula is C26H38Cl2N2O5. The summed E-state index contributed by atoms with van der Waals surface area (Å²) >= 11 is 0. The van der Waals surface area contributed by atoms with Gasteiger partial charge in [-0.1, -0.05) is 19.9 Å². The minimum atomic E-state index is -0.828. The molecule has 1 saturated heterocycles. The van der Waals surface area contributed by atoms with Crippen molar-refractivity contribution in [2.75, 3.05) is 20.2 Å². The second-order valence-electron chi connectivity index (χ2n) is 11.3. The number of ether oxygens (including phenoxy) is 2. The number of hydrogen-bond donors (Lipinski definition) is 3. The molecule has 0 amide bonds. The Morgan fingerprint density at radius 1 is 1.26 bits per heavy atom. The molecule has 0 aromatic heterocycles. The second-order valence-corrected chi connectivity index (χ2v) is 11.3. The Hall–Kier alpha value is -1.25. The van der Waals surface area contributed by atoms with Crippen molar-refractivity contribution >= 4 is 30.8 Å². The average molecular weight is 530 g/mol. The van der Waals surface area contributed by atoms with Crippen LogP contribution in [0.4, 0.5) is 0 Å². The highest BCUT2D eigenvalue weighted by molar-refractivity contribution is 5.85. The summed E-state index contributed by atoms with van der Waals surface area (Å²) in [6, 6.07) is 3.34. The lowest BCUT2D eigenvalue weighted by Gasteiger charge is -2.66. The van der Waals surface area contributed by atoms with Crippen molar-refractivity contribution in [1.29, 1.82) is 0 Å². The summed E-state index contributed by atoms with van der Waals surface area (Å²) in [4.78, 5) is 14.7. The molecule has 196 valence electrons. The summed E-state index contributed by atoms with van der Waals surface area (Å²) in [7, 11) is 1.85. The zero-order valence-corrected chi connectivity index (χ0v) is 22.3. The van der Waals surface area contributed by atoms with Gasteiger partial charge in [-0.3, -0.25) is 15.0 Å². The molecule has 3 fully saturated rings. The Morgan fingerprint density at radius 3 is 2.63 bits per heavy atom. The Bertz CT molecular complexity index is 989. The fourth-order valence-corrected chi connectivity index (χ4v) is 7.82. The summed E-state index contributed by atoms with van der Waals surface area (Å²) in [6.07, 6.45) is 5.83. The van der Waals surface area contributed by atoms with Crippen molar-refractivity contribution < 1.29 is 24.5 Å². The van der Waals surface area contributed by atoms with E-state index in [1.807, 2.05) is 21.0 Å². The second kappa shape index (κ2) is 9.25. The molecular weight excluding hydrogens is 491 g/mol. The molecule has 2 aliphatic heterocycles. The van der Waals surface area contributed by atoms with Crippen molar-refractivity contribution in [3.05, 3.63) is 23.3 Å². The van der Waals surface area contributed by atoms with Crippen LogP contribution in [-0.4, -0.2) is 71.1 Å². The first kappa shape index (κ1) is 26.8. The maximum Gasteiger partial charge on any atom is 0.320 e. The van der Waals surface area contributed by atoms with Crippen molar-refractivity contribution in [2.45, 2.75) is 87.6 Å². The molecule has 35 heavy (non-hydrogen) atoms. The van der Waals surface area contributed by atoms with Gasteiger partial charge >= 0.3 is 5.97 Å². The van der Waals surface area contributed by atoms with Crippen LogP contribution in [-0.2, 0) is 21.4 Å². The van der Waals surface area contributed by atoms with Gasteiger partial charge in [0.15, 0.2) is 11.5 Å². The van der Waals surface area contributed by atoms with Crippen LogP contribution in [0.15, 0.2) is 12.1 Å². The fourth-order valence-electron chi connectivity index (χ4n) is 7.82. The molecule has 1 aromatic rings. The first-order chi connectivity index (χ1) is 15.8. The lowest BCUT2D eigenvalue weighted by Crippen LogP contribution is -2.79. The molecule has 1 aromatic carbocycles. The number of phenols is 1. The highest BCUT2D eigenvalue weighted by atomic mass is 35.5. The summed E-state index contributed by atoms with van der Waals surface area (Å²) in [5.41, 5.74) is 1.60. The SMILES string of the molecule is CO[C@@]12CCC(N[C@@H](C(=O)O)C(C)C)C3Oc4c(O)ccc5c4[C@@]31CCN(CC1CC1)[C@@H]2C5.Cl.Cl. The van der Waals surface area contributed by atoms with Crippen LogP contribution in [0.25, 0.3) is 0 Å². The maximum absolute atomic E-state index is 12.0. The molecule has 6 atom stereocenters. The minimum Gasteiger partial charge on any atom is -0.504 e. The van der Waals surface area contributed by atoms with Gasteiger partial charge in [0.1, 0.15) is 12.1 Å². The number of aromatic hydroxyl groups is 1. The number of halogens is 2. The molecule has 9 heteroatoms. The Labute approximate surface area is 219 Å². The highest BCUT2D eigenvalue weighted by Gasteiger charge is 2.74. The van der Waals surface area contributed by atoms with Crippen LogP contribution in [0.2, 0.25) is 0 Å². The van der Waals surface area contributed by atoms with Crippen LogP contribution in [0.5, 0.6) is 11.5 Å². The molecule has 2 heterocycles. The van der Waals surface area contributed by atoms with Gasteiger partial charge in [-0.25, -0.2) is 0 Å². The van der Waals surface area contributed by atoms with E-state index >= 15 is 0 Å². The first-order valence-electron chi connectivity index (χ1n) is 12.6. The van der Waals surface area contributed by atoms with Crippen LogP contribution < -0.4 is 10.1 Å². The summed E-state index contributed by atoms with van der Waals surface area (Å²) in [5.74, 6) is 0.713. The third kappa shape index (κ3) is 3.60. The molecule has 7 nitrogen and oxygen atoms in total. The molecule has 1 spiro atoms. The number of nitrogens with one attached hydrogen (secondary N) is 1. The van der Waals surface area contributed by atoms with Gasteiger partial charge < -0.3 is 19.7 Å². The van der Waals surface area contributed by atoms with E-state index in [2.05, 4.69) is 16.3 Å². The van der Waals surface area contributed by atoms with Gasteiger partial charge in [0.05, 0.1) is 11.0 Å². The normalized spacial score (nSPS) is 35.4. The van der Waals surface area contributed by atoms with E-state index in [1.165, 1.54) is 18.4 Å². The quantitative estimate of drug-likeness (QED) is 0.498. The number of piperidine rings is 1. The van der Waals surface area contributed by atoms with Gasteiger partial charge in [-0.05, 0) is 68.5 Å². The summed E-state index contributed by atoms with van der Waals surface area (Å²) in [5, 5.41) is 24.1. The van der Waals surface area contributed by atoms with Crippen LogP contribution >= 0.6 is 24.8 Å². The molecule has 5 aliphatic rings. The molecule has 2 saturated carbocycles. The zero-order valence-electron chi connectivity index (χ0n) is 20.7. The Balaban J connectivity index is 0.00000144. The molecule has 2 unspecified atom stereocenters. The number of likely N-dealkylation sites (tertiary alicyclic amines) is 1. The predicted octanol–water partition coefficient (Wildman–Crippen LogP) is 3.52. The number of hydrogen-bond acceptors (Lipinski definition) is 6. The number of methoxy groups -OCH3 is 1. The number of carboxylic acid groups (broad SMARTS) is 1. The van der Waals surface area contributed by atoms with Crippen molar-refractivity contribution in [2.24, 2.45) is 11.8 Å². The van der Waals surface area contributed by atoms with Crippen LogP contribution in [0.1, 0.15) is 57.1 Å². The van der Waals surface area contributed by atoms with E-state index in [9.17, 15) is 15.0 Å². The first-order valence-corrected chi connectivity index (χ1v) is 12.6. The molecule has 3 N–H and O–H groups in total. The number of benzene rings is 1. The van der Waals surface area contributed by atoms with Crippen molar-refractivity contribution in [3.8, 4) is 11.5 Å². The number of phenolic OH excluding ortho intramolecular Hbond substituents is 1. The van der Waals surface area contributed by atoms with E-state index in [0.29, 0.717) is 5.75 Å². The number of nitrogens with zero attached hydrogens (tertiary/aromatic N) is 1. The fraction of sp³-hybridized carbons (Fsp3) is 0.731. The molecule has 2 bridgehead atoms. The maximum atomic E-state index is 12.0. The molecule has 6 rings (SSSR count). The molecule has 0 radical (unpaired) electrons. The topological polar surface area (TPSA) is 91.3 Å². The standard InChI is InChI=1S/C26H36N2O5.2ClH/c1-14(2)21(24(30)31)27-17-8-9-26(32-3)19-12-16-6-7-18(29)22-20(16)25(26,23(17)33-22)10-11-28(19)13-15-4-5-15;;/h6-7,14-15,17,19,21,23,27,29H,4-5,8-13H2,1-3H3,(H,30,31);2*1H/t17?,19-,21-,23?,25+,26-;;/m1../s1. The third-order valence-electron chi connectivity index (χ3n) is 9.41. The predicted molar refractivity (Wildman–Crippen MR) is 137 cm³/mol. The van der Waals surface area contributed by atoms with E-state index in [-0.39, 0.29) is 60.1 Å². The number of rotatable bonds is 7. The van der Waals surface area contributed by atoms with Crippen molar-refractivity contribution in [1.82, 2.24) is 10.2 Å². The average Bonchev–Trinajstić information content (AvgIpc) is 3.53. The Morgan fingerprint density at radius 2 is 2.00 bits per heavy atom. The van der Waals surface area contributed by atoms with E-state index in [0.717, 1.165) is 50.3 Å². The minimum absolute atomic E-state index is 0. The number of carboxylic acids is 1. The van der Waals surface area contributed by atoms with E-state index < -0.39 is 17.6 Å². The smallest absolute Gasteiger partial charge is 0.320 e. The number of carbonyl (C=O) groups is 1. The summed E-state index contributed by atoms with van der Waals surface area (Å²) < 4.78 is 13.2. The third-order valence-corrected chi connectivity index (χ3v) is 9.41. The molecule has 3 aliphatic carbocycles. The summed E-state index contributed by atoms with van der Waals surface area (Å²) in [6.45, 7) is 5.99. The lowest BCUT2D eigenvalue weighted by atomic mass is 9.48. The zero-order chi connectivity index (χ0) is 23.1.